The van der Waals surface area contributed by atoms with Crippen LogP contribution in [0.15, 0.2) is 29.6 Å². The van der Waals surface area contributed by atoms with Crippen molar-refractivity contribution in [3.8, 4) is 5.75 Å². The third kappa shape index (κ3) is 5.19. The molecule has 0 aromatic heterocycles. The second kappa shape index (κ2) is 7.35. The average Bonchev–Trinajstić information content (AvgIpc) is 2.38. The number of hydrogen-bond donors (Lipinski definition) is 1. The van der Waals surface area contributed by atoms with Gasteiger partial charge in [0.15, 0.2) is 0 Å². The van der Waals surface area contributed by atoms with E-state index in [1.54, 1.807) is 0 Å². The van der Waals surface area contributed by atoms with Crippen LogP contribution in [0.2, 0.25) is 18.1 Å². The Morgan fingerprint density at radius 3 is 2.18 bits per heavy atom. The van der Waals surface area contributed by atoms with Gasteiger partial charge >= 0.3 is 0 Å². The number of aromatic hydroxyl groups is 1. The fourth-order valence-corrected chi connectivity index (χ4v) is 3.13. The van der Waals surface area contributed by atoms with Crippen LogP contribution in [0.1, 0.15) is 50.3 Å². The summed E-state index contributed by atoms with van der Waals surface area (Å²) in [7, 11) is -1.35. The maximum atomic E-state index is 9.80. The number of unbranched alkanes of at least 4 members (excludes halogenated alkanes) is 1. The minimum atomic E-state index is -1.35. The molecule has 22 heavy (non-hydrogen) atoms. The molecule has 0 saturated carbocycles. The second-order valence-electron chi connectivity index (χ2n) is 7.96. The predicted octanol–water partition coefficient (Wildman–Crippen LogP) is 6.09. The predicted molar refractivity (Wildman–Crippen MR) is 100 cm³/mol. The maximum Gasteiger partial charge on any atom is 0.121 e. The van der Waals surface area contributed by atoms with Gasteiger partial charge < -0.3 is 5.11 Å². The number of phenols is 1. The summed E-state index contributed by atoms with van der Waals surface area (Å²) in [6.07, 6.45) is 5.42. The first-order valence-electron chi connectivity index (χ1n) is 8.26. The van der Waals surface area contributed by atoms with Crippen molar-refractivity contribution in [2.45, 2.75) is 72.0 Å². The van der Waals surface area contributed by atoms with Crippen LogP contribution in [0.25, 0.3) is 0 Å². The molecule has 0 spiro atoms. The monoisotopic (exact) mass is 316 g/mol. The zero-order valence-electron chi connectivity index (χ0n) is 15.4. The zero-order chi connectivity index (χ0) is 17.0. The number of aryl methyl sites for hydroxylation is 3. The fraction of sp³-hybridized carbons (Fsp3) is 0.550. The van der Waals surface area contributed by atoms with Crippen LogP contribution in [-0.4, -0.2) is 13.2 Å². The third-order valence-electron chi connectivity index (χ3n) is 4.86. The number of phenolic OH excluding ortho intramolecular Hbond substituents is 1. The van der Waals surface area contributed by atoms with E-state index in [0.717, 1.165) is 30.4 Å². The minimum Gasteiger partial charge on any atom is -0.507 e. The first-order chi connectivity index (χ1) is 10.0. The highest BCUT2D eigenvalue weighted by atomic mass is 28.3. The number of allylic oxidation sites excluding steroid dienone is 1. The summed E-state index contributed by atoms with van der Waals surface area (Å²) in [5, 5.41) is 10.2. The summed E-state index contributed by atoms with van der Waals surface area (Å²) < 4.78 is 0. The van der Waals surface area contributed by atoms with Crippen molar-refractivity contribution in [3.63, 3.8) is 0 Å². The van der Waals surface area contributed by atoms with Gasteiger partial charge in [0.25, 0.3) is 0 Å². The van der Waals surface area contributed by atoms with E-state index >= 15 is 0 Å². The van der Waals surface area contributed by atoms with Crippen LogP contribution in [0, 0.1) is 13.8 Å². The second-order valence-corrected chi connectivity index (χ2v) is 13.2. The summed E-state index contributed by atoms with van der Waals surface area (Å²) in [6, 6.07) is 4.19. The van der Waals surface area contributed by atoms with Gasteiger partial charge in [-0.25, -0.2) is 0 Å². The molecule has 0 aliphatic carbocycles. The normalized spacial score (nSPS) is 12.0. The van der Waals surface area contributed by atoms with Crippen molar-refractivity contribution in [2.24, 2.45) is 0 Å². The Kier molecular flexibility index (Phi) is 6.28. The average molecular weight is 317 g/mol. The summed E-state index contributed by atoms with van der Waals surface area (Å²) in [4.78, 5) is 0. The standard InChI is InChI=1S/C20H32OSi/c1-16-14-18(15-17(2)19(16)21)12-10-8-9-11-13-22(6,7)20(3,4)5/h9,13-15,21H,8,10,12H2,1-7H3. The summed E-state index contributed by atoms with van der Waals surface area (Å²) in [5.74, 6) is 0.431. The Bertz CT molecular complexity index is 547. The minimum absolute atomic E-state index is 0.384. The van der Waals surface area contributed by atoms with Crippen LogP contribution >= 0.6 is 0 Å². The molecule has 0 atom stereocenters. The molecule has 0 bridgehead atoms. The van der Waals surface area contributed by atoms with Crippen molar-refractivity contribution < 1.29 is 5.11 Å². The summed E-state index contributed by atoms with van der Waals surface area (Å²) >= 11 is 0. The van der Waals surface area contributed by atoms with Gasteiger partial charge in [0.1, 0.15) is 5.75 Å². The summed E-state index contributed by atoms with van der Waals surface area (Å²) in [6.45, 7) is 15.7. The first-order valence-corrected chi connectivity index (χ1v) is 11.3. The highest BCUT2D eigenvalue weighted by Crippen LogP contribution is 2.36. The molecular formula is C20H32OSi. The van der Waals surface area contributed by atoms with Crippen LogP contribution < -0.4 is 0 Å². The van der Waals surface area contributed by atoms with E-state index in [2.05, 4.69) is 63.5 Å². The van der Waals surface area contributed by atoms with Crippen molar-refractivity contribution in [1.82, 2.24) is 0 Å². The third-order valence-corrected chi connectivity index (χ3v) is 9.61. The van der Waals surface area contributed by atoms with Gasteiger partial charge in [0, 0.05) is 0 Å². The molecule has 0 heterocycles. The number of benzene rings is 1. The van der Waals surface area contributed by atoms with Crippen LogP contribution in [-0.2, 0) is 6.42 Å². The molecule has 1 aromatic rings. The number of rotatable bonds is 5. The van der Waals surface area contributed by atoms with E-state index < -0.39 is 8.07 Å². The molecule has 1 nitrogen and oxygen atoms in total. The Morgan fingerprint density at radius 1 is 1.14 bits per heavy atom. The molecule has 0 amide bonds. The van der Waals surface area contributed by atoms with Crippen LogP contribution in [0.5, 0.6) is 5.75 Å². The molecule has 2 heteroatoms. The van der Waals surface area contributed by atoms with E-state index in [1.165, 1.54) is 5.56 Å². The molecule has 122 valence electrons. The van der Waals surface area contributed by atoms with Gasteiger partial charge in [0.2, 0.25) is 0 Å². The van der Waals surface area contributed by atoms with Crippen LogP contribution in [0.4, 0.5) is 0 Å². The molecule has 0 fully saturated rings. The quantitative estimate of drug-likeness (QED) is 0.396. The van der Waals surface area contributed by atoms with Crippen molar-refractivity contribution in [2.75, 3.05) is 0 Å². The van der Waals surface area contributed by atoms with Gasteiger partial charge in [0.05, 0.1) is 8.07 Å². The lowest BCUT2D eigenvalue weighted by atomic mass is 10.0. The molecule has 0 aliphatic rings. The van der Waals surface area contributed by atoms with E-state index in [9.17, 15) is 5.11 Å². The Labute approximate surface area is 137 Å². The van der Waals surface area contributed by atoms with Crippen LogP contribution in [0.3, 0.4) is 0 Å². The molecule has 0 unspecified atom stereocenters. The molecule has 1 N–H and O–H groups in total. The van der Waals surface area contributed by atoms with Gasteiger partial charge in [-0.3, -0.25) is 0 Å². The van der Waals surface area contributed by atoms with Gasteiger partial charge in [-0.2, -0.15) is 0 Å². The Balaban J connectivity index is 2.54. The Morgan fingerprint density at radius 2 is 1.68 bits per heavy atom. The van der Waals surface area contributed by atoms with E-state index in [0.29, 0.717) is 10.8 Å². The first kappa shape index (κ1) is 18.8. The lowest BCUT2D eigenvalue weighted by molar-refractivity contribution is 0.466. The highest BCUT2D eigenvalue weighted by Gasteiger charge is 2.32. The molecule has 0 saturated heterocycles. The van der Waals surface area contributed by atoms with E-state index in [4.69, 9.17) is 0 Å². The SMILES string of the molecule is Cc1cc(CCCC=C=C[Si](C)(C)C(C)(C)C)cc(C)c1O. The molecular weight excluding hydrogens is 284 g/mol. The fourth-order valence-electron chi connectivity index (χ4n) is 2.17. The van der Waals surface area contributed by atoms with Gasteiger partial charge in [-0.1, -0.05) is 51.7 Å². The zero-order valence-corrected chi connectivity index (χ0v) is 16.4. The lowest BCUT2D eigenvalue weighted by Crippen LogP contribution is -2.34. The molecule has 0 radical (unpaired) electrons. The van der Waals surface area contributed by atoms with Gasteiger partial charge in [-0.15, -0.1) is 5.73 Å². The van der Waals surface area contributed by atoms with Crippen molar-refractivity contribution >= 4 is 8.07 Å². The molecule has 1 rings (SSSR count). The van der Waals surface area contributed by atoms with Crippen molar-refractivity contribution in [1.29, 1.82) is 0 Å². The van der Waals surface area contributed by atoms with Crippen molar-refractivity contribution in [3.05, 3.63) is 46.3 Å². The van der Waals surface area contributed by atoms with Gasteiger partial charge in [-0.05, 0) is 60.9 Å². The molecule has 0 aliphatic heterocycles. The number of hydrogen-bond acceptors (Lipinski definition) is 1. The molecule has 1 aromatic carbocycles. The Hall–Kier alpha value is -1.24. The van der Waals surface area contributed by atoms with E-state index in [1.807, 2.05) is 13.8 Å². The summed E-state index contributed by atoms with van der Waals surface area (Å²) in [5.41, 5.74) is 9.02. The smallest absolute Gasteiger partial charge is 0.121 e. The highest BCUT2D eigenvalue weighted by molar-refractivity contribution is 6.84. The topological polar surface area (TPSA) is 20.2 Å². The lowest BCUT2D eigenvalue weighted by Gasteiger charge is -2.33. The maximum absolute atomic E-state index is 9.80. The largest absolute Gasteiger partial charge is 0.507 e. The van der Waals surface area contributed by atoms with E-state index in [-0.39, 0.29) is 0 Å².